The molecule has 0 saturated carbocycles. The Morgan fingerprint density at radius 1 is 1.55 bits per heavy atom. The van der Waals surface area contributed by atoms with E-state index in [4.69, 9.17) is 10.3 Å². The van der Waals surface area contributed by atoms with Gasteiger partial charge in [0.25, 0.3) is 0 Å². The summed E-state index contributed by atoms with van der Waals surface area (Å²) in [6.07, 6.45) is 1.52. The summed E-state index contributed by atoms with van der Waals surface area (Å²) in [7, 11) is 0. The van der Waals surface area contributed by atoms with Gasteiger partial charge in [-0.15, -0.1) is 5.10 Å². The van der Waals surface area contributed by atoms with Crippen LogP contribution in [0.1, 0.15) is 0 Å². The Morgan fingerprint density at radius 3 is 3.00 bits per heavy atom. The molecule has 0 radical (unpaired) electrons. The van der Waals surface area contributed by atoms with Crippen molar-refractivity contribution < 1.29 is 4.52 Å². The maximum Gasteiger partial charge on any atom is 0.239 e. The van der Waals surface area contributed by atoms with Crippen LogP contribution in [-0.2, 0) is 0 Å². The number of H-pyrrole nitrogens is 1. The molecule has 0 saturated heterocycles. The van der Waals surface area contributed by atoms with Crippen LogP contribution in [0.5, 0.6) is 0 Å². The van der Waals surface area contributed by atoms with Gasteiger partial charge in [0.1, 0.15) is 0 Å². The van der Waals surface area contributed by atoms with E-state index in [1.54, 1.807) is 6.07 Å². The lowest BCUT2D eigenvalue weighted by Crippen LogP contribution is -1.85. The summed E-state index contributed by atoms with van der Waals surface area (Å²) in [5.41, 5.74) is 5.27. The summed E-state index contributed by atoms with van der Waals surface area (Å²) in [5, 5.41) is 9.72. The summed E-state index contributed by atoms with van der Waals surface area (Å²) in [4.78, 5) is 3.83. The Balaban J connectivity index is 2.45. The largest absolute Gasteiger partial charge is 0.366 e. The molecule has 11 heavy (non-hydrogen) atoms. The third-order valence-corrected chi connectivity index (χ3v) is 1.17. The lowest BCUT2D eigenvalue weighted by Gasteiger charge is -1.81. The number of rotatable bonds is 1. The molecule has 2 aromatic heterocycles. The Labute approximate surface area is 61.4 Å². The summed E-state index contributed by atoms with van der Waals surface area (Å²) < 4.78 is 4.79. The average molecular weight is 151 g/mol. The highest BCUT2D eigenvalue weighted by molar-refractivity contribution is 5.46. The van der Waals surface area contributed by atoms with E-state index in [9.17, 15) is 0 Å². The first-order chi connectivity index (χ1) is 5.36. The minimum atomic E-state index is 0.191. The minimum absolute atomic E-state index is 0.191. The smallest absolute Gasteiger partial charge is 0.239 e. The van der Waals surface area contributed by atoms with Gasteiger partial charge in [-0.25, -0.2) is 0 Å². The SMILES string of the molecule is Nc1n[nH]c(-c2ccno2)n1. The van der Waals surface area contributed by atoms with Gasteiger partial charge in [-0.2, -0.15) is 4.98 Å². The van der Waals surface area contributed by atoms with Crippen molar-refractivity contribution in [2.45, 2.75) is 0 Å². The fourth-order valence-electron chi connectivity index (χ4n) is 0.723. The van der Waals surface area contributed by atoms with Crippen molar-refractivity contribution in [3.63, 3.8) is 0 Å². The number of aromatic amines is 1. The van der Waals surface area contributed by atoms with E-state index >= 15 is 0 Å². The normalized spacial score (nSPS) is 10.2. The van der Waals surface area contributed by atoms with Crippen LogP contribution in [0.25, 0.3) is 11.6 Å². The summed E-state index contributed by atoms with van der Waals surface area (Å²) in [6.45, 7) is 0. The topological polar surface area (TPSA) is 93.6 Å². The maximum absolute atomic E-state index is 5.27. The summed E-state index contributed by atoms with van der Waals surface area (Å²) >= 11 is 0. The van der Waals surface area contributed by atoms with Gasteiger partial charge in [0.05, 0.1) is 6.20 Å². The van der Waals surface area contributed by atoms with Gasteiger partial charge >= 0.3 is 0 Å². The van der Waals surface area contributed by atoms with Gasteiger partial charge in [-0.05, 0) is 0 Å². The molecule has 0 aliphatic rings. The molecule has 6 nitrogen and oxygen atoms in total. The van der Waals surface area contributed by atoms with E-state index in [0.717, 1.165) is 0 Å². The van der Waals surface area contributed by atoms with Gasteiger partial charge in [-0.1, -0.05) is 5.16 Å². The molecule has 0 fully saturated rings. The van der Waals surface area contributed by atoms with Crippen molar-refractivity contribution in [1.29, 1.82) is 0 Å². The Bertz CT molecular complexity index is 337. The molecule has 0 amide bonds. The van der Waals surface area contributed by atoms with Crippen LogP contribution >= 0.6 is 0 Å². The molecule has 2 heterocycles. The number of anilines is 1. The van der Waals surface area contributed by atoms with Gasteiger partial charge in [0, 0.05) is 6.07 Å². The predicted octanol–water partition coefficient (Wildman–Crippen LogP) is 0.0419. The quantitative estimate of drug-likeness (QED) is 0.600. The molecule has 0 aliphatic carbocycles. The zero-order valence-electron chi connectivity index (χ0n) is 5.48. The third-order valence-electron chi connectivity index (χ3n) is 1.17. The highest BCUT2D eigenvalue weighted by Gasteiger charge is 2.05. The van der Waals surface area contributed by atoms with Crippen LogP contribution in [-0.4, -0.2) is 20.3 Å². The van der Waals surface area contributed by atoms with E-state index in [1.165, 1.54) is 6.20 Å². The molecule has 2 rings (SSSR count). The number of nitrogens with two attached hydrogens (primary N) is 1. The van der Waals surface area contributed by atoms with Crippen molar-refractivity contribution in [3.05, 3.63) is 12.3 Å². The molecule has 0 atom stereocenters. The van der Waals surface area contributed by atoms with Crippen LogP contribution < -0.4 is 5.73 Å². The first kappa shape index (κ1) is 5.90. The molecule has 0 bridgehead atoms. The first-order valence-electron chi connectivity index (χ1n) is 2.95. The Morgan fingerprint density at radius 2 is 2.45 bits per heavy atom. The zero-order chi connectivity index (χ0) is 7.68. The van der Waals surface area contributed by atoms with Crippen LogP contribution in [0, 0.1) is 0 Å². The average Bonchev–Trinajstić information content (AvgIpc) is 2.55. The van der Waals surface area contributed by atoms with E-state index in [2.05, 4.69) is 20.3 Å². The van der Waals surface area contributed by atoms with Crippen molar-refractivity contribution >= 4 is 5.95 Å². The minimum Gasteiger partial charge on any atom is -0.366 e. The third kappa shape index (κ3) is 0.936. The number of nitrogen functional groups attached to an aromatic ring is 1. The molecule has 3 N–H and O–H groups in total. The van der Waals surface area contributed by atoms with Crippen LogP contribution in [0.3, 0.4) is 0 Å². The highest BCUT2D eigenvalue weighted by atomic mass is 16.5. The molecule has 2 aromatic rings. The number of nitrogens with zero attached hydrogens (tertiary/aromatic N) is 3. The monoisotopic (exact) mass is 151 g/mol. The Hall–Kier alpha value is -1.85. The van der Waals surface area contributed by atoms with E-state index in [0.29, 0.717) is 11.6 Å². The zero-order valence-corrected chi connectivity index (χ0v) is 5.48. The second-order valence-corrected chi connectivity index (χ2v) is 1.92. The maximum atomic E-state index is 5.27. The standard InChI is InChI=1S/C5H5N5O/c6-5-8-4(9-10-5)3-1-2-7-11-3/h1-2H,(H3,6,8,9,10). The highest BCUT2D eigenvalue weighted by Crippen LogP contribution is 2.12. The van der Waals surface area contributed by atoms with E-state index in [-0.39, 0.29) is 5.95 Å². The van der Waals surface area contributed by atoms with Gasteiger partial charge in [0.15, 0.2) is 5.82 Å². The Kier molecular flexibility index (Phi) is 1.12. The lowest BCUT2D eigenvalue weighted by atomic mass is 10.4. The number of aromatic nitrogens is 4. The van der Waals surface area contributed by atoms with Gasteiger partial charge < -0.3 is 10.3 Å². The molecule has 56 valence electrons. The van der Waals surface area contributed by atoms with E-state index < -0.39 is 0 Å². The molecule has 6 heteroatoms. The predicted molar refractivity (Wildman–Crippen MR) is 36.3 cm³/mol. The number of hydrogen-bond acceptors (Lipinski definition) is 5. The first-order valence-corrected chi connectivity index (χ1v) is 2.95. The van der Waals surface area contributed by atoms with Crippen LogP contribution in [0.15, 0.2) is 16.8 Å². The molecular formula is C5H5N5O. The van der Waals surface area contributed by atoms with Crippen molar-refractivity contribution in [1.82, 2.24) is 20.3 Å². The summed E-state index contributed by atoms with van der Waals surface area (Å²) in [5.74, 6) is 1.20. The molecule has 0 spiro atoms. The van der Waals surface area contributed by atoms with Crippen molar-refractivity contribution in [2.24, 2.45) is 0 Å². The second kappa shape index (κ2) is 2.08. The van der Waals surface area contributed by atoms with Crippen LogP contribution in [0.2, 0.25) is 0 Å². The fraction of sp³-hybridized carbons (Fsp3) is 0. The lowest BCUT2D eigenvalue weighted by molar-refractivity contribution is 0.430. The fourth-order valence-corrected chi connectivity index (χ4v) is 0.723. The number of hydrogen-bond donors (Lipinski definition) is 2. The van der Waals surface area contributed by atoms with Crippen molar-refractivity contribution in [3.8, 4) is 11.6 Å². The second-order valence-electron chi connectivity index (χ2n) is 1.92. The summed E-state index contributed by atoms with van der Waals surface area (Å²) in [6, 6.07) is 1.67. The number of nitrogens with one attached hydrogen (secondary N) is 1. The van der Waals surface area contributed by atoms with Gasteiger partial charge in [0.2, 0.25) is 11.7 Å². The van der Waals surface area contributed by atoms with Crippen LogP contribution in [0.4, 0.5) is 5.95 Å². The molecule has 0 aliphatic heterocycles. The molecule has 0 unspecified atom stereocenters. The van der Waals surface area contributed by atoms with Crippen molar-refractivity contribution in [2.75, 3.05) is 5.73 Å². The molecule has 0 aromatic carbocycles. The van der Waals surface area contributed by atoms with E-state index in [1.807, 2.05) is 0 Å². The van der Waals surface area contributed by atoms with Gasteiger partial charge in [-0.3, -0.25) is 5.10 Å². The molecular weight excluding hydrogens is 146 g/mol.